The second-order valence-corrected chi connectivity index (χ2v) is 6.13. The molecule has 2 heterocycles. The molecule has 0 radical (unpaired) electrons. The van der Waals surface area contributed by atoms with Gasteiger partial charge in [0.15, 0.2) is 0 Å². The highest BCUT2D eigenvalue weighted by Crippen LogP contribution is 2.14. The summed E-state index contributed by atoms with van der Waals surface area (Å²) in [6.45, 7) is 2.54. The maximum Gasteiger partial charge on any atom is 0.249 e. The van der Waals surface area contributed by atoms with Gasteiger partial charge in [-0.3, -0.25) is 4.79 Å². The monoisotopic (exact) mass is 323 g/mol. The Labute approximate surface area is 139 Å². The lowest BCUT2D eigenvalue weighted by Crippen LogP contribution is -2.13. The van der Waals surface area contributed by atoms with Crippen molar-refractivity contribution in [2.24, 2.45) is 0 Å². The molecular formula is C18H17N3OS. The molecule has 0 fully saturated rings. The highest BCUT2D eigenvalue weighted by molar-refractivity contribution is 7.10. The molecule has 1 N–H and O–H groups in total. The smallest absolute Gasteiger partial charge is 0.249 e. The number of carbonyl (C=O) groups is 1. The normalized spacial score (nSPS) is 11.0. The number of hydrogen-bond acceptors (Lipinski definition) is 3. The van der Waals surface area contributed by atoms with E-state index >= 15 is 0 Å². The number of benzene rings is 1. The molecule has 0 aliphatic rings. The summed E-state index contributed by atoms with van der Waals surface area (Å²) in [6.07, 6.45) is 3.35. The quantitative estimate of drug-likeness (QED) is 0.723. The van der Waals surface area contributed by atoms with Crippen LogP contribution in [-0.2, 0) is 11.3 Å². The third-order valence-electron chi connectivity index (χ3n) is 3.27. The second-order valence-electron chi connectivity index (χ2n) is 5.15. The van der Waals surface area contributed by atoms with Crippen molar-refractivity contribution in [1.82, 2.24) is 9.78 Å². The van der Waals surface area contributed by atoms with Gasteiger partial charge in [-0.2, -0.15) is 5.10 Å². The van der Waals surface area contributed by atoms with Gasteiger partial charge in [-0.1, -0.05) is 36.4 Å². The van der Waals surface area contributed by atoms with Crippen molar-refractivity contribution in [2.75, 3.05) is 5.32 Å². The zero-order chi connectivity index (χ0) is 16.1. The number of nitrogens with zero attached hydrogens (tertiary/aromatic N) is 2. The first kappa shape index (κ1) is 15.2. The van der Waals surface area contributed by atoms with Crippen LogP contribution in [0.1, 0.15) is 16.1 Å². The molecule has 0 saturated carbocycles. The van der Waals surface area contributed by atoms with Gasteiger partial charge in [-0.25, -0.2) is 4.68 Å². The van der Waals surface area contributed by atoms with Gasteiger partial charge in [0.1, 0.15) is 5.82 Å². The van der Waals surface area contributed by atoms with E-state index in [-0.39, 0.29) is 5.91 Å². The van der Waals surface area contributed by atoms with E-state index in [9.17, 15) is 4.79 Å². The van der Waals surface area contributed by atoms with Crippen molar-refractivity contribution in [3.63, 3.8) is 0 Å². The van der Waals surface area contributed by atoms with Crippen molar-refractivity contribution in [3.8, 4) is 0 Å². The first-order valence-corrected chi connectivity index (χ1v) is 8.19. The Morgan fingerprint density at radius 3 is 2.83 bits per heavy atom. The van der Waals surface area contributed by atoms with Gasteiger partial charge in [0.05, 0.1) is 12.2 Å². The van der Waals surface area contributed by atoms with Crippen LogP contribution in [0.2, 0.25) is 0 Å². The van der Waals surface area contributed by atoms with Crippen LogP contribution in [0.3, 0.4) is 0 Å². The summed E-state index contributed by atoms with van der Waals surface area (Å²) in [6, 6.07) is 15.9. The standard InChI is InChI=1S/C18H17N3OS/c1-14-12-17(19-18(22)10-9-16-8-5-11-23-16)21(20-14)13-15-6-3-2-4-7-15/h2-12H,13H2,1H3,(H,19,22)/b10-9+. The molecule has 0 aliphatic heterocycles. The molecule has 0 saturated heterocycles. The van der Waals surface area contributed by atoms with Crippen molar-refractivity contribution in [3.05, 3.63) is 76.1 Å². The van der Waals surface area contributed by atoms with Crippen molar-refractivity contribution in [1.29, 1.82) is 0 Å². The van der Waals surface area contributed by atoms with E-state index < -0.39 is 0 Å². The molecule has 0 bridgehead atoms. The molecule has 1 aromatic carbocycles. The summed E-state index contributed by atoms with van der Waals surface area (Å²) in [7, 11) is 0. The summed E-state index contributed by atoms with van der Waals surface area (Å²) >= 11 is 1.60. The molecule has 5 heteroatoms. The molecule has 1 amide bonds. The Balaban J connectivity index is 1.71. The third-order valence-corrected chi connectivity index (χ3v) is 4.11. The van der Waals surface area contributed by atoms with Gasteiger partial charge < -0.3 is 5.32 Å². The number of hydrogen-bond donors (Lipinski definition) is 1. The molecule has 116 valence electrons. The zero-order valence-corrected chi connectivity index (χ0v) is 13.6. The molecule has 0 aliphatic carbocycles. The Kier molecular flexibility index (Phi) is 4.68. The van der Waals surface area contributed by atoms with Crippen LogP contribution >= 0.6 is 11.3 Å². The van der Waals surface area contributed by atoms with Gasteiger partial charge in [0.25, 0.3) is 0 Å². The van der Waals surface area contributed by atoms with Crippen LogP contribution < -0.4 is 5.32 Å². The molecule has 3 aromatic rings. The number of amides is 1. The number of anilines is 1. The number of aryl methyl sites for hydroxylation is 1. The minimum absolute atomic E-state index is 0.160. The molecule has 0 atom stereocenters. The summed E-state index contributed by atoms with van der Waals surface area (Å²) in [5.41, 5.74) is 2.01. The molecular weight excluding hydrogens is 306 g/mol. The third kappa shape index (κ3) is 4.17. The van der Waals surface area contributed by atoms with E-state index in [4.69, 9.17) is 0 Å². The summed E-state index contributed by atoms with van der Waals surface area (Å²) in [5, 5.41) is 9.32. The average molecular weight is 323 g/mol. The number of carbonyl (C=O) groups excluding carboxylic acids is 1. The average Bonchev–Trinajstić information content (AvgIpc) is 3.17. The Bertz CT molecular complexity index is 804. The number of rotatable bonds is 5. The van der Waals surface area contributed by atoms with Crippen molar-refractivity contribution < 1.29 is 4.79 Å². The van der Waals surface area contributed by atoms with Crippen LogP contribution in [0.15, 0.2) is 60.0 Å². The summed E-state index contributed by atoms with van der Waals surface area (Å²) in [5.74, 6) is 0.541. The first-order valence-electron chi connectivity index (χ1n) is 7.32. The number of aromatic nitrogens is 2. The fraction of sp³-hybridized carbons (Fsp3) is 0.111. The highest BCUT2D eigenvalue weighted by atomic mass is 32.1. The first-order chi connectivity index (χ1) is 11.2. The number of thiophene rings is 1. The minimum Gasteiger partial charge on any atom is -0.307 e. The molecule has 3 rings (SSSR count). The molecule has 2 aromatic heterocycles. The highest BCUT2D eigenvalue weighted by Gasteiger charge is 2.08. The molecule has 0 unspecified atom stereocenters. The lowest BCUT2D eigenvalue weighted by Gasteiger charge is -2.07. The predicted molar refractivity (Wildman–Crippen MR) is 94.5 cm³/mol. The Morgan fingerprint density at radius 2 is 2.09 bits per heavy atom. The van der Waals surface area contributed by atoms with E-state index in [2.05, 4.69) is 10.4 Å². The fourth-order valence-corrected chi connectivity index (χ4v) is 2.85. The van der Waals surface area contributed by atoms with Gasteiger partial charge in [0, 0.05) is 17.0 Å². The van der Waals surface area contributed by atoms with Gasteiger partial charge in [-0.05, 0) is 30.0 Å². The van der Waals surface area contributed by atoms with Crippen molar-refractivity contribution in [2.45, 2.75) is 13.5 Å². The van der Waals surface area contributed by atoms with Crippen LogP contribution in [0.4, 0.5) is 5.82 Å². The maximum atomic E-state index is 12.1. The van der Waals surface area contributed by atoms with E-state index in [0.29, 0.717) is 12.4 Å². The molecule has 23 heavy (non-hydrogen) atoms. The number of nitrogens with one attached hydrogen (secondary N) is 1. The van der Waals surface area contributed by atoms with Gasteiger partial charge in [-0.15, -0.1) is 11.3 Å². The van der Waals surface area contributed by atoms with E-state index in [1.807, 2.05) is 71.6 Å². The maximum absolute atomic E-state index is 12.1. The molecule has 4 nitrogen and oxygen atoms in total. The molecule has 0 spiro atoms. The fourth-order valence-electron chi connectivity index (χ4n) is 2.23. The largest absolute Gasteiger partial charge is 0.307 e. The van der Waals surface area contributed by atoms with Gasteiger partial charge in [0.2, 0.25) is 5.91 Å². The second kappa shape index (κ2) is 7.07. The Hall–Kier alpha value is -2.66. The van der Waals surface area contributed by atoms with Crippen LogP contribution in [-0.4, -0.2) is 15.7 Å². The van der Waals surface area contributed by atoms with E-state index in [0.717, 1.165) is 16.1 Å². The van der Waals surface area contributed by atoms with Crippen LogP contribution in [0.5, 0.6) is 0 Å². The summed E-state index contributed by atoms with van der Waals surface area (Å²) < 4.78 is 1.81. The zero-order valence-electron chi connectivity index (χ0n) is 12.8. The van der Waals surface area contributed by atoms with E-state index in [1.165, 1.54) is 0 Å². The SMILES string of the molecule is Cc1cc(NC(=O)/C=C/c2cccs2)n(Cc2ccccc2)n1. The van der Waals surface area contributed by atoms with Crippen LogP contribution in [0.25, 0.3) is 6.08 Å². The summed E-state index contributed by atoms with van der Waals surface area (Å²) in [4.78, 5) is 13.1. The predicted octanol–water partition coefficient (Wildman–Crippen LogP) is 3.95. The van der Waals surface area contributed by atoms with Crippen LogP contribution in [0, 0.1) is 6.92 Å². The lowest BCUT2D eigenvalue weighted by molar-refractivity contribution is -0.111. The van der Waals surface area contributed by atoms with E-state index in [1.54, 1.807) is 17.4 Å². The lowest BCUT2D eigenvalue weighted by atomic mass is 10.2. The topological polar surface area (TPSA) is 46.9 Å². The van der Waals surface area contributed by atoms with Crippen molar-refractivity contribution >= 4 is 29.1 Å². The Morgan fingerprint density at radius 1 is 1.26 bits per heavy atom. The van der Waals surface area contributed by atoms with Gasteiger partial charge >= 0.3 is 0 Å². The minimum atomic E-state index is -0.160.